The number of rotatable bonds is 5. The van der Waals surface area contributed by atoms with E-state index in [0.717, 1.165) is 22.3 Å². The van der Waals surface area contributed by atoms with Crippen LogP contribution in [0.25, 0.3) is 11.1 Å². The molecule has 29 heavy (non-hydrogen) atoms. The first-order chi connectivity index (χ1) is 14.0. The molecule has 0 aromatic heterocycles. The van der Waals surface area contributed by atoms with Gasteiger partial charge in [0.2, 0.25) is 5.91 Å². The molecule has 0 saturated carbocycles. The molecule has 1 unspecified atom stereocenters. The van der Waals surface area contributed by atoms with E-state index in [0.29, 0.717) is 13.0 Å². The zero-order chi connectivity index (χ0) is 20.5. The van der Waals surface area contributed by atoms with Crippen LogP contribution in [0.4, 0.5) is 4.79 Å². The van der Waals surface area contributed by atoms with Gasteiger partial charge in [0.15, 0.2) is 0 Å². The van der Waals surface area contributed by atoms with Gasteiger partial charge in [-0.3, -0.25) is 4.79 Å². The van der Waals surface area contributed by atoms with Crippen LogP contribution in [-0.4, -0.2) is 53.2 Å². The molecule has 7 heteroatoms. The van der Waals surface area contributed by atoms with Crippen molar-refractivity contribution in [1.29, 1.82) is 0 Å². The third kappa shape index (κ3) is 3.44. The van der Waals surface area contributed by atoms with Crippen LogP contribution in [0.3, 0.4) is 0 Å². The molecule has 1 saturated heterocycles. The van der Waals surface area contributed by atoms with E-state index >= 15 is 0 Å². The lowest BCUT2D eigenvalue weighted by Gasteiger charge is -2.21. The lowest BCUT2D eigenvalue weighted by Crippen LogP contribution is -2.46. The summed E-state index contributed by atoms with van der Waals surface area (Å²) in [5.41, 5.74) is 4.50. The second-order valence-electron chi connectivity index (χ2n) is 7.36. The average molecular weight is 394 g/mol. The number of likely N-dealkylation sites (tertiary alicyclic amines) is 1. The van der Waals surface area contributed by atoms with Gasteiger partial charge >= 0.3 is 12.1 Å². The molecular weight excluding hydrogens is 372 g/mol. The molecule has 2 aromatic rings. The van der Waals surface area contributed by atoms with Crippen molar-refractivity contribution in [2.75, 3.05) is 13.2 Å². The van der Waals surface area contributed by atoms with Crippen LogP contribution in [0.5, 0.6) is 0 Å². The number of carbonyl (C=O) groups is 3. The zero-order valence-corrected chi connectivity index (χ0v) is 16.0. The predicted octanol–water partition coefficient (Wildman–Crippen LogP) is 2.60. The molecule has 150 valence electrons. The summed E-state index contributed by atoms with van der Waals surface area (Å²) in [4.78, 5) is 37.0. The van der Waals surface area contributed by atoms with E-state index in [-0.39, 0.29) is 12.5 Å². The Kier molecular flexibility index (Phi) is 4.96. The molecule has 2 aliphatic rings. The highest BCUT2D eigenvalue weighted by Crippen LogP contribution is 2.44. The number of fused-ring (bicyclic) bond motifs is 3. The summed E-state index contributed by atoms with van der Waals surface area (Å²) in [5.74, 6) is -1.52. The van der Waals surface area contributed by atoms with Crippen LogP contribution < -0.4 is 5.32 Å². The average Bonchev–Trinajstić information content (AvgIpc) is 3.24. The fourth-order valence-corrected chi connectivity index (χ4v) is 4.14. The number of carboxylic acid groups (broad SMARTS) is 1. The van der Waals surface area contributed by atoms with Crippen LogP contribution >= 0.6 is 0 Å². The van der Waals surface area contributed by atoms with Gasteiger partial charge in [-0.2, -0.15) is 0 Å². The molecule has 2 amide bonds. The third-order valence-corrected chi connectivity index (χ3v) is 5.70. The molecule has 0 bridgehead atoms. The van der Waals surface area contributed by atoms with Gasteiger partial charge < -0.3 is 20.1 Å². The van der Waals surface area contributed by atoms with Crippen LogP contribution in [-0.2, 0) is 14.3 Å². The summed E-state index contributed by atoms with van der Waals surface area (Å²) in [6, 6.07) is 14.4. The summed E-state index contributed by atoms with van der Waals surface area (Å²) < 4.78 is 5.46. The minimum atomic E-state index is -1.07. The number of aliphatic carboxylic acids is 1. The van der Waals surface area contributed by atoms with Gasteiger partial charge in [0.25, 0.3) is 0 Å². The third-order valence-electron chi connectivity index (χ3n) is 5.70. The topological polar surface area (TPSA) is 95.9 Å². The Bertz CT molecular complexity index is 928. The number of hydrogen-bond donors (Lipinski definition) is 2. The van der Waals surface area contributed by atoms with Crippen LogP contribution in [0.2, 0.25) is 0 Å². The Balaban J connectivity index is 1.40. The number of ether oxygens (including phenoxy) is 1. The van der Waals surface area contributed by atoms with Crippen molar-refractivity contribution < 1.29 is 24.2 Å². The van der Waals surface area contributed by atoms with Crippen molar-refractivity contribution in [3.8, 4) is 11.1 Å². The molecule has 2 aromatic carbocycles. The van der Waals surface area contributed by atoms with Crippen molar-refractivity contribution in [3.63, 3.8) is 0 Å². The van der Waals surface area contributed by atoms with Crippen LogP contribution in [0.1, 0.15) is 30.4 Å². The Hall–Kier alpha value is -3.35. The number of amides is 2. The van der Waals surface area contributed by atoms with Crippen molar-refractivity contribution in [2.45, 2.75) is 31.3 Å². The summed E-state index contributed by atoms with van der Waals surface area (Å²) in [5, 5.41) is 11.7. The van der Waals surface area contributed by atoms with E-state index in [1.54, 1.807) is 0 Å². The highest BCUT2D eigenvalue weighted by Gasteiger charge is 2.38. The number of carbonyl (C=O) groups excluding carboxylic acids is 2. The quantitative estimate of drug-likeness (QED) is 0.813. The number of carboxylic acids is 1. The molecule has 0 radical (unpaired) electrons. The largest absolute Gasteiger partial charge is 0.480 e. The standard InChI is InChI=1S/C22H22N2O5/c1-13(21(26)27)24-11-10-19(20(24)25)23-22(28)29-12-18-16-8-4-2-6-14(16)15-7-3-5-9-17(15)18/h2-9,13,18-19H,10-12H2,1H3,(H,23,28)(H,26,27)/t13?,19-/m1/s1. The molecule has 2 N–H and O–H groups in total. The highest BCUT2D eigenvalue weighted by molar-refractivity contribution is 5.90. The Labute approximate surface area is 168 Å². The first kappa shape index (κ1) is 19.0. The van der Waals surface area contributed by atoms with E-state index in [1.165, 1.54) is 11.8 Å². The highest BCUT2D eigenvalue weighted by atomic mass is 16.5. The van der Waals surface area contributed by atoms with Gasteiger partial charge in [-0.1, -0.05) is 48.5 Å². The summed E-state index contributed by atoms with van der Waals surface area (Å²) in [7, 11) is 0. The molecule has 1 aliphatic heterocycles. The van der Waals surface area contributed by atoms with E-state index in [4.69, 9.17) is 9.84 Å². The first-order valence-corrected chi connectivity index (χ1v) is 9.62. The fourth-order valence-electron chi connectivity index (χ4n) is 4.14. The van der Waals surface area contributed by atoms with Crippen LogP contribution in [0.15, 0.2) is 48.5 Å². The molecule has 2 atom stereocenters. The molecule has 1 aliphatic carbocycles. The minimum absolute atomic E-state index is 0.0593. The molecule has 0 spiro atoms. The van der Waals surface area contributed by atoms with Gasteiger partial charge in [-0.25, -0.2) is 9.59 Å². The smallest absolute Gasteiger partial charge is 0.407 e. The molecule has 1 fully saturated rings. The number of nitrogens with one attached hydrogen (secondary N) is 1. The lowest BCUT2D eigenvalue weighted by molar-refractivity contribution is -0.147. The zero-order valence-electron chi connectivity index (χ0n) is 16.0. The number of hydrogen-bond acceptors (Lipinski definition) is 4. The second-order valence-corrected chi connectivity index (χ2v) is 7.36. The van der Waals surface area contributed by atoms with E-state index < -0.39 is 30.1 Å². The van der Waals surface area contributed by atoms with Crippen molar-refractivity contribution in [2.24, 2.45) is 0 Å². The molecule has 4 rings (SSSR count). The van der Waals surface area contributed by atoms with Crippen molar-refractivity contribution in [1.82, 2.24) is 10.2 Å². The van der Waals surface area contributed by atoms with E-state index in [1.807, 2.05) is 36.4 Å². The van der Waals surface area contributed by atoms with Gasteiger partial charge in [0, 0.05) is 12.5 Å². The van der Waals surface area contributed by atoms with Crippen molar-refractivity contribution in [3.05, 3.63) is 59.7 Å². The summed E-state index contributed by atoms with van der Waals surface area (Å²) in [6.45, 7) is 1.91. The number of alkyl carbamates (subject to hydrolysis) is 1. The summed E-state index contributed by atoms with van der Waals surface area (Å²) in [6.07, 6.45) is -0.310. The maximum atomic E-state index is 12.4. The van der Waals surface area contributed by atoms with Gasteiger partial charge in [-0.15, -0.1) is 0 Å². The maximum Gasteiger partial charge on any atom is 0.407 e. The number of nitrogens with zero attached hydrogens (tertiary/aromatic N) is 1. The first-order valence-electron chi connectivity index (χ1n) is 9.62. The SMILES string of the molecule is CC(C(=O)O)N1CC[C@@H](NC(=O)OCC2c3ccccc3-c3ccccc32)C1=O. The maximum absolute atomic E-state index is 12.4. The Morgan fingerprint density at radius 1 is 1.14 bits per heavy atom. The summed E-state index contributed by atoms with van der Waals surface area (Å²) >= 11 is 0. The second kappa shape index (κ2) is 7.58. The molecule has 1 heterocycles. The monoisotopic (exact) mass is 394 g/mol. The van der Waals surface area contributed by atoms with Gasteiger partial charge in [0.1, 0.15) is 18.7 Å². The van der Waals surface area contributed by atoms with E-state index in [9.17, 15) is 14.4 Å². The van der Waals surface area contributed by atoms with Gasteiger partial charge in [0.05, 0.1) is 0 Å². The fraction of sp³-hybridized carbons (Fsp3) is 0.318. The lowest BCUT2D eigenvalue weighted by atomic mass is 9.98. The van der Waals surface area contributed by atoms with Crippen molar-refractivity contribution >= 4 is 18.0 Å². The number of benzene rings is 2. The van der Waals surface area contributed by atoms with E-state index in [2.05, 4.69) is 17.4 Å². The molecular formula is C22H22N2O5. The minimum Gasteiger partial charge on any atom is -0.480 e. The van der Waals surface area contributed by atoms with Crippen LogP contribution in [0, 0.1) is 0 Å². The molecule has 7 nitrogen and oxygen atoms in total. The predicted molar refractivity (Wildman–Crippen MR) is 105 cm³/mol. The normalized spacial score (nSPS) is 18.9. The Morgan fingerprint density at radius 2 is 1.72 bits per heavy atom. The van der Waals surface area contributed by atoms with Gasteiger partial charge in [-0.05, 0) is 35.6 Å². The Morgan fingerprint density at radius 3 is 2.31 bits per heavy atom.